The number of anilines is 1. The van der Waals surface area contributed by atoms with Crippen LogP contribution in [0.5, 0.6) is 6.01 Å². The molecule has 172 valence electrons. The summed E-state index contributed by atoms with van der Waals surface area (Å²) in [6.07, 6.45) is 4.58. The van der Waals surface area contributed by atoms with Crippen molar-refractivity contribution in [3.63, 3.8) is 0 Å². The maximum Gasteiger partial charge on any atom is 0.319 e. The largest absolute Gasteiger partial charge is 0.461 e. The minimum Gasteiger partial charge on any atom is -0.461 e. The number of hydrogen-bond donors (Lipinski definition) is 1. The fourth-order valence-electron chi connectivity index (χ4n) is 6.32. The third-order valence-electron chi connectivity index (χ3n) is 7.92. The molecule has 4 fully saturated rings. The van der Waals surface area contributed by atoms with Crippen LogP contribution in [-0.4, -0.2) is 75.6 Å². The van der Waals surface area contributed by atoms with Crippen LogP contribution in [0.4, 0.5) is 14.6 Å². The third-order valence-corrected chi connectivity index (χ3v) is 8.18. The number of alkyl halides is 1. The molecule has 32 heavy (non-hydrogen) atoms. The highest BCUT2D eigenvalue weighted by Gasteiger charge is 2.49. The van der Waals surface area contributed by atoms with Gasteiger partial charge in [-0.25, -0.2) is 13.8 Å². The molecule has 2 aromatic heterocycles. The molecule has 0 aromatic carbocycles. The van der Waals surface area contributed by atoms with Crippen LogP contribution in [-0.2, 0) is 0 Å². The SMILES string of the molecule is OC1C2CCC1CN(c1nc(OC[C@@]34CCCN3C[C@H](F)C4)nc3c(F)c(Cl)ncc13)C2. The molecule has 3 saturated heterocycles. The van der Waals surface area contributed by atoms with Crippen LogP contribution in [0.25, 0.3) is 10.9 Å². The highest BCUT2D eigenvalue weighted by atomic mass is 35.5. The normalized spacial score (nSPS) is 34.4. The number of ether oxygens (including phenoxy) is 1. The Labute approximate surface area is 189 Å². The van der Waals surface area contributed by atoms with E-state index in [2.05, 4.69) is 24.8 Å². The molecule has 2 bridgehead atoms. The molecule has 1 saturated carbocycles. The van der Waals surface area contributed by atoms with E-state index in [-0.39, 0.29) is 46.8 Å². The Hall–Kier alpha value is -1.84. The van der Waals surface area contributed by atoms with E-state index >= 15 is 0 Å². The topological polar surface area (TPSA) is 74.6 Å². The average molecular weight is 466 g/mol. The lowest BCUT2D eigenvalue weighted by Gasteiger charge is -2.36. The molecule has 4 atom stereocenters. The average Bonchev–Trinajstić information content (AvgIpc) is 3.34. The minimum atomic E-state index is -0.857. The number of rotatable bonds is 4. The van der Waals surface area contributed by atoms with Gasteiger partial charge in [0.2, 0.25) is 0 Å². The molecule has 0 spiro atoms. The van der Waals surface area contributed by atoms with E-state index in [0.29, 0.717) is 37.3 Å². The van der Waals surface area contributed by atoms with Crippen LogP contribution in [0.2, 0.25) is 5.15 Å². The molecule has 2 aromatic rings. The first-order valence-electron chi connectivity index (χ1n) is 11.4. The molecule has 5 heterocycles. The van der Waals surface area contributed by atoms with Crippen molar-refractivity contribution in [2.75, 3.05) is 37.7 Å². The van der Waals surface area contributed by atoms with E-state index in [1.54, 1.807) is 0 Å². The van der Waals surface area contributed by atoms with Crippen molar-refractivity contribution in [3.05, 3.63) is 17.2 Å². The molecular formula is C22H26ClF2N5O2. The molecule has 3 aliphatic heterocycles. The van der Waals surface area contributed by atoms with Crippen molar-refractivity contribution in [2.45, 2.75) is 49.9 Å². The van der Waals surface area contributed by atoms with Gasteiger partial charge in [0.1, 0.15) is 24.1 Å². The van der Waals surface area contributed by atoms with Gasteiger partial charge in [-0.15, -0.1) is 0 Å². The first-order valence-corrected chi connectivity index (χ1v) is 11.8. The summed E-state index contributed by atoms with van der Waals surface area (Å²) in [6.45, 7) is 2.83. The summed E-state index contributed by atoms with van der Waals surface area (Å²) in [5.74, 6) is 0.175. The number of fused-ring (bicyclic) bond motifs is 4. The molecule has 7 nitrogen and oxygen atoms in total. The standard InChI is InChI=1S/C22H26ClF2N5O2/c23-19-16(25)17-15(7-26-19)20(29-8-12-2-3-13(9-29)18(12)31)28-21(27-17)32-11-22-4-1-5-30(22)10-14(24)6-22/h7,12-14,18,31H,1-6,8-11H2/t12?,13?,14-,18?,22+/m1/s1. The monoisotopic (exact) mass is 465 g/mol. The van der Waals surface area contributed by atoms with Gasteiger partial charge in [0.05, 0.1) is 17.0 Å². The highest BCUT2D eigenvalue weighted by molar-refractivity contribution is 6.30. The number of halogens is 3. The van der Waals surface area contributed by atoms with Crippen molar-refractivity contribution in [1.82, 2.24) is 19.9 Å². The van der Waals surface area contributed by atoms with Gasteiger partial charge in [-0.2, -0.15) is 9.97 Å². The van der Waals surface area contributed by atoms with Crippen LogP contribution in [0.3, 0.4) is 0 Å². The van der Waals surface area contributed by atoms with E-state index in [0.717, 1.165) is 32.2 Å². The summed E-state index contributed by atoms with van der Waals surface area (Å²) < 4.78 is 35.0. The molecular weight excluding hydrogens is 440 g/mol. The Bertz CT molecular complexity index is 1050. The minimum absolute atomic E-state index is 0.0654. The second-order valence-corrected chi connectivity index (χ2v) is 10.2. The Balaban J connectivity index is 1.35. The van der Waals surface area contributed by atoms with Crippen LogP contribution < -0.4 is 9.64 Å². The number of aromatic nitrogens is 3. The highest BCUT2D eigenvalue weighted by Crippen LogP contribution is 2.42. The van der Waals surface area contributed by atoms with Gasteiger partial charge >= 0.3 is 6.01 Å². The summed E-state index contributed by atoms with van der Waals surface area (Å²) in [5, 5.41) is 10.6. The van der Waals surface area contributed by atoms with Crippen molar-refractivity contribution >= 4 is 28.3 Å². The molecule has 4 aliphatic rings. The molecule has 6 rings (SSSR count). The maximum absolute atomic E-state index is 14.9. The number of piperidine rings is 1. The van der Waals surface area contributed by atoms with Crippen molar-refractivity contribution in [1.29, 1.82) is 0 Å². The molecule has 1 aliphatic carbocycles. The first kappa shape index (κ1) is 20.7. The predicted octanol–water partition coefficient (Wildman–Crippen LogP) is 2.98. The zero-order valence-corrected chi connectivity index (χ0v) is 18.4. The summed E-state index contributed by atoms with van der Waals surface area (Å²) in [5.41, 5.74) is -0.278. The van der Waals surface area contributed by atoms with Gasteiger partial charge in [0, 0.05) is 44.1 Å². The number of pyridine rings is 1. The van der Waals surface area contributed by atoms with Crippen LogP contribution >= 0.6 is 11.6 Å². The molecule has 1 N–H and O–H groups in total. The second-order valence-electron chi connectivity index (χ2n) is 9.81. The van der Waals surface area contributed by atoms with Crippen LogP contribution in [0.15, 0.2) is 6.20 Å². The third kappa shape index (κ3) is 3.23. The van der Waals surface area contributed by atoms with E-state index in [4.69, 9.17) is 16.3 Å². The van der Waals surface area contributed by atoms with Gasteiger partial charge in [-0.3, -0.25) is 4.90 Å². The van der Waals surface area contributed by atoms with Gasteiger partial charge in [0.25, 0.3) is 0 Å². The lowest BCUT2D eigenvalue weighted by atomic mass is 9.95. The zero-order valence-electron chi connectivity index (χ0n) is 17.7. The van der Waals surface area contributed by atoms with Crippen LogP contribution in [0.1, 0.15) is 32.1 Å². The van der Waals surface area contributed by atoms with E-state index in [1.165, 1.54) is 6.20 Å². The molecule has 2 unspecified atom stereocenters. The van der Waals surface area contributed by atoms with E-state index < -0.39 is 12.0 Å². The number of aliphatic hydroxyl groups is 1. The summed E-state index contributed by atoms with van der Waals surface area (Å²) >= 11 is 5.94. The van der Waals surface area contributed by atoms with Crippen molar-refractivity contribution < 1.29 is 18.6 Å². The van der Waals surface area contributed by atoms with Crippen LogP contribution in [0, 0.1) is 17.7 Å². The Morgan fingerprint density at radius 3 is 2.78 bits per heavy atom. The fraction of sp³-hybridized carbons (Fsp3) is 0.682. The fourth-order valence-corrected chi connectivity index (χ4v) is 6.46. The number of nitrogens with zero attached hydrogens (tertiary/aromatic N) is 5. The lowest BCUT2D eigenvalue weighted by Crippen LogP contribution is -2.45. The second kappa shape index (κ2) is 7.60. The predicted molar refractivity (Wildman–Crippen MR) is 115 cm³/mol. The Kier molecular flexibility index (Phi) is 4.93. The van der Waals surface area contributed by atoms with E-state index in [1.807, 2.05) is 0 Å². The Morgan fingerprint density at radius 1 is 1.22 bits per heavy atom. The zero-order chi connectivity index (χ0) is 22.0. The summed E-state index contributed by atoms with van der Waals surface area (Å²) in [6, 6.07) is 0.0654. The van der Waals surface area contributed by atoms with Gasteiger partial charge in [0.15, 0.2) is 11.0 Å². The van der Waals surface area contributed by atoms with Crippen molar-refractivity contribution in [3.8, 4) is 6.01 Å². The summed E-state index contributed by atoms with van der Waals surface area (Å²) in [7, 11) is 0. The molecule has 0 radical (unpaired) electrons. The summed E-state index contributed by atoms with van der Waals surface area (Å²) in [4.78, 5) is 17.2. The van der Waals surface area contributed by atoms with E-state index in [9.17, 15) is 13.9 Å². The number of aliphatic hydroxyl groups excluding tert-OH is 1. The molecule has 0 amide bonds. The Morgan fingerprint density at radius 2 is 2.00 bits per heavy atom. The van der Waals surface area contributed by atoms with Crippen molar-refractivity contribution in [2.24, 2.45) is 11.8 Å². The maximum atomic E-state index is 14.9. The quantitative estimate of drug-likeness (QED) is 0.696. The smallest absolute Gasteiger partial charge is 0.319 e. The lowest BCUT2D eigenvalue weighted by molar-refractivity contribution is 0.0790. The van der Waals surface area contributed by atoms with Gasteiger partial charge < -0.3 is 14.7 Å². The van der Waals surface area contributed by atoms with Gasteiger partial charge in [-0.05, 0) is 32.2 Å². The molecule has 10 heteroatoms. The first-order chi connectivity index (χ1) is 15.4. The van der Waals surface area contributed by atoms with Gasteiger partial charge in [-0.1, -0.05) is 11.6 Å². The number of hydrogen-bond acceptors (Lipinski definition) is 7.